The number of pyridine rings is 1. The molecule has 8 aromatic carbocycles. The summed E-state index contributed by atoms with van der Waals surface area (Å²) in [5, 5.41) is 9.31. The first kappa shape index (κ1) is 36.6. The van der Waals surface area contributed by atoms with Crippen LogP contribution in [0.2, 0.25) is 0 Å². The predicted molar refractivity (Wildman–Crippen MR) is 259 cm³/mol. The van der Waals surface area contributed by atoms with Gasteiger partial charge in [-0.1, -0.05) is 176 Å². The van der Waals surface area contributed by atoms with Crippen molar-refractivity contribution < 1.29 is 4.42 Å². The van der Waals surface area contributed by atoms with E-state index in [9.17, 15) is 0 Å². The zero-order valence-corrected chi connectivity index (χ0v) is 35.0. The predicted octanol–water partition coefficient (Wildman–Crippen LogP) is 10.6. The maximum absolute atomic E-state index is 6.36. The quantitative estimate of drug-likeness (QED) is 0.113. The van der Waals surface area contributed by atoms with E-state index in [0.717, 1.165) is 55.3 Å². The maximum Gasteiger partial charge on any atom is 0.179 e. The smallest absolute Gasteiger partial charge is 0.179 e. The van der Waals surface area contributed by atoms with Crippen molar-refractivity contribution in [2.45, 2.75) is 0 Å². The molecule has 0 saturated heterocycles. The summed E-state index contributed by atoms with van der Waals surface area (Å²) >= 11 is 0. The lowest BCUT2D eigenvalue weighted by Gasteiger charge is -2.34. The summed E-state index contributed by atoms with van der Waals surface area (Å²) in [7, 11) is -2.87. The second-order valence-electron chi connectivity index (χ2n) is 15.8. The highest BCUT2D eigenvalue weighted by Crippen LogP contribution is 2.38. The van der Waals surface area contributed by atoms with Gasteiger partial charge in [-0.3, -0.25) is 4.98 Å². The Morgan fingerprint density at radius 3 is 1.59 bits per heavy atom. The highest BCUT2D eigenvalue weighted by atomic mass is 28.3. The topological polar surface area (TPSA) is 69.6 Å². The molecule has 0 aliphatic rings. The van der Waals surface area contributed by atoms with Gasteiger partial charge in [-0.05, 0) is 57.1 Å². The normalized spacial score (nSPS) is 11.8. The lowest BCUT2D eigenvalue weighted by Crippen LogP contribution is -2.74. The lowest BCUT2D eigenvalue weighted by molar-refractivity contribution is 0.668. The number of aromatic nitrogens is 5. The number of fused-ring (bicyclic) bond motifs is 6. The van der Waals surface area contributed by atoms with Crippen molar-refractivity contribution in [2.75, 3.05) is 0 Å². The van der Waals surface area contributed by atoms with Crippen molar-refractivity contribution in [3.8, 4) is 39.9 Å². The molecule has 4 heterocycles. The fourth-order valence-corrected chi connectivity index (χ4v) is 14.4. The third-order valence-electron chi connectivity index (χ3n) is 12.3. The number of nitrogens with zero attached hydrogens (tertiary/aromatic N) is 5. The summed E-state index contributed by atoms with van der Waals surface area (Å²) in [4.78, 5) is 20.7. The molecule has 0 N–H and O–H groups in total. The van der Waals surface area contributed by atoms with Gasteiger partial charge < -0.3 is 8.98 Å². The van der Waals surface area contributed by atoms with Crippen LogP contribution in [0.5, 0.6) is 0 Å². The van der Waals surface area contributed by atoms with E-state index in [1.54, 1.807) is 6.20 Å². The molecule has 12 rings (SSSR count). The van der Waals surface area contributed by atoms with E-state index in [1.807, 2.05) is 24.4 Å². The molecular weight excluding hydrogens is 787 g/mol. The first-order valence-corrected chi connectivity index (χ1v) is 23.1. The van der Waals surface area contributed by atoms with Gasteiger partial charge in [0.25, 0.3) is 0 Å². The molecule has 63 heavy (non-hydrogen) atoms. The Morgan fingerprint density at radius 1 is 0.397 bits per heavy atom. The third kappa shape index (κ3) is 5.93. The molecule has 0 aliphatic heterocycles. The molecule has 0 fully saturated rings. The highest BCUT2D eigenvalue weighted by molar-refractivity contribution is 7.19. The van der Waals surface area contributed by atoms with Crippen molar-refractivity contribution in [1.29, 1.82) is 0 Å². The molecule has 0 radical (unpaired) electrons. The number of para-hydroxylation sites is 3. The highest BCUT2D eigenvalue weighted by Gasteiger charge is 2.41. The van der Waals surface area contributed by atoms with Crippen molar-refractivity contribution in [1.82, 2.24) is 24.5 Å². The molecule has 0 saturated carbocycles. The van der Waals surface area contributed by atoms with Gasteiger partial charge in [0.2, 0.25) is 0 Å². The van der Waals surface area contributed by atoms with Crippen molar-refractivity contribution in [3.05, 3.63) is 225 Å². The van der Waals surface area contributed by atoms with E-state index < -0.39 is 8.07 Å². The van der Waals surface area contributed by atoms with Crippen LogP contribution in [-0.2, 0) is 0 Å². The molecule has 0 spiro atoms. The SMILES string of the molecule is c1ccc([Si](c2ccccc2)(c2ccccc2)c2cccc(-c3nc(-c4ccccc4-n4c5ccccc5c5ccccc54)nc(-c4cccc5oc6ccncc6c45)n3)c2)cc1. The van der Waals surface area contributed by atoms with Crippen molar-refractivity contribution in [2.24, 2.45) is 0 Å². The summed E-state index contributed by atoms with van der Waals surface area (Å²) in [6.07, 6.45) is 3.61. The number of hydrogen-bond acceptors (Lipinski definition) is 5. The fraction of sp³-hybridized carbons (Fsp3) is 0. The fourth-order valence-electron chi connectivity index (χ4n) is 9.60. The van der Waals surface area contributed by atoms with Crippen molar-refractivity contribution in [3.63, 3.8) is 0 Å². The standard InChI is InChI=1S/C56H37N5OSi/c1-4-19-39(20-5-1)63(40-21-6-2-7-22-40,41-23-8-3-9-24-41)42-25-16-18-38(36-42)54-58-55(60-56(59-54)46-29-17-33-52-53(46)47-37-57-35-34-51(47)62-52)45-28-12-15-32-50(45)61-48-30-13-10-26-43(48)44-27-11-14-31-49(44)61/h1-37H. The molecule has 4 aromatic heterocycles. The van der Waals surface area contributed by atoms with Crippen LogP contribution < -0.4 is 20.7 Å². The van der Waals surface area contributed by atoms with Crippen LogP contribution in [-0.4, -0.2) is 32.6 Å². The van der Waals surface area contributed by atoms with Crippen LogP contribution in [0.25, 0.3) is 83.6 Å². The minimum atomic E-state index is -2.87. The van der Waals surface area contributed by atoms with E-state index in [0.29, 0.717) is 17.5 Å². The maximum atomic E-state index is 6.36. The Labute approximate surface area is 364 Å². The van der Waals surface area contributed by atoms with E-state index in [-0.39, 0.29) is 0 Å². The van der Waals surface area contributed by atoms with Crippen LogP contribution in [0.15, 0.2) is 229 Å². The Hall–Kier alpha value is -8.26. The molecule has 0 unspecified atom stereocenters. The minimum Gasteiger partial charge on any atom is -0.456 e. The van der Waals surface area contributed by atoms with Crippen LogP contribution in [0.3, 0.4) is 0 Å². The van der Waals surface area contributed by atoms with Gasteiger partial charge in [-0.15, -0.1) is 0 Å². The summed E-state index contributed by atoms with van der Waals surface area (Å²) in [6.45, 7) is 0. The number of hydrogen-bond donors (Lipinski definition) is 0. The van der Waals surface area contributed by atoms with E-state index in [4.69, 9.17) is 19.4 Å². The molecule has 296 valence electrons. The third-order valence-corrected chi connectivity index (χ3v) is 17.1. The van der Waals surface area contributed by atoms with Crippen molar-refractivity contribution >= 4 is 72.6 Å². The summed E-state index contributed by atoms with van der Waals surface area (Å²) in [5.74, 6) is 1.69. The van der Waals surface area contributed by atoms with Crippen LogP contribution >= 0.6 is 0 Å². The van der Waals surface area contributed by atoms with Gasteiger partial charge in [-0.25, -0.2) is 15.0 Å². The van der Waals surface area contributed by atoms with Gasteiger partial charge >= 0.3 is 0 Å². The summed E-state index contributed by atoms with van der Waals surface area (Å²) in [6, 6.07) is 75.4. The first-order valence-electron chi connectivity index (χ1n) is 21.1. The largest absolute Gasteiger partial charge is 0.456 e. The first-order chi connectivity index (χ1) is 31.3. The number of rotatable bonds is 8. The minimum absolute atomic E-state index is 0.548. The van der Waals surface area contributed by atoms with Crippen LogP contribution in [0, 0.1) is 0 Å². The molecule has 0 bridgehead atoms. The molecule has 0 atom stereocenters. The average molecular weight is 824 g/mol. The second-order valence-corrected chi connectivity index (χ2v) is 19.6. The summed E-state index contributed by atoms with van der Waals surface area (Å²) in [5.41, 5.74) is 7.34. The zero-order valence-electron chi connectivity index (χ0n) is 34.0. The molecular formula is C56H37N5OSi. The molecule has 6 nitrogen and oxygen atoms in total. The number of benzene rings is 8. The molecule has 0 amide bonds. The summed E-state index contributed by atoms with van der Waals surface area (Å²) < 4.78 is 8.70. The molecule has 12 aromatic rings. The second kappa shape index (κ2) is 15.0. The zero-order chi connectivity index (χ0) is 41.7. The van der Waals surface area contributed by atoms with E-state index in [1.165, 1.54) is 31.5 Å². The lowest BCUT2D eigenvalue weighted by atomic mass is 10.1. The van der Waals surface area contributed by atoms with Crippen LogP contribution in [0.1, 0.15) is 0 Å². The Balaban J connectivity index is 1.14. The monoisotopic (exact) mass is 823 g/mol. The van der Waals surface area contributed by atoms with Gasteiger partial charge in [0.15, 0.2) is 25.5 Å². The van der Waals surface area contributed by atoms with Gasteiger partial charge in [-0.2, -0.15) is 0 Å². The van der Waals surface area contributed by atoms with E-state index in [2.05, 4.69) is 204 Å². The van der Waals surface area contributed by atoms with Gasteiger partial charge in [0.05, 0.1) is 16.7 Å². The Morgan fingerprint density at radius 2 is 0.921 bits per heavy atom. The number of furan rings is 1. The van der Waals surface area contributed by atoms with E-state index >= 15 is 0 Å². The Kier molecular flexibility index (Phi) is 8.72. The van der Waals surface area contributed by atoms with Gasteiger partial charge in [0, 0.05) is 50.6 Å². The molecule has 0 aliphatic carbocycles. The van der Waals surface area contributed by atoms with Crippen LogP contribution in [0.4, 0.5) is 0 Å². The average Bonchev–Trinajstić information content (AvgIpc) is 3.91. The Bertz CT molecular complexity index is 3490. The van der Waals surface area contributed by atoms with Gasteiger partial charge in [0.1, 0.15) is 11.2 Å². The molecule has 7 heteroatoms.